The Balaban J connectivity index is 1.41. The molecule has 226 valence electrons. The molecule has 0 aliphatic heterocycles. The van der Waals surface area contributed by atoms with E-state index >= 15 is 0 Å². The van der Waals surface area contributed by atoms with E-state index in [1.165, 1.54) is 4.46 Å². The van der Waals surface area contributed by atoms with Gasteiger partial charge in [-0.1, -0.05) is 0 Å². The summed E-state index contributed by atoms with van der Waals surface area (Å²) < 4.78 is 29.1. The van der Waals surface area contributed by atoms with Crippen LogP contribution in [0.5, 0.6) is 11.5 Å². The molecule has 0 saturated heterocycles. The summed E-state index contributed by atoms with van der Waals surface area (Å²) in [5.74, 6) is 1.63. The minimum atomic E-state index is -2.03. The van der Waals surface area contributed by atoms with E-state index in [1.807, 2.05) is 30.3 Å². The Morgan fingerprint density at radius 2 is 1.20 bits per heavy atom. The van der Waals surface area contributed by atoms with E-state index in [0.29, 0.717) is 0 Å². The fourth-order valence-corrected chi connectivity index (χ4v) is 9.41. The molecule has 0 spiro atoms. The molecule has 1 heterocycles. The molecule has 0 bridgehead atoms. The molecular weight excluding hydrogens is 658 g/mol. The van der Waals surface area contributed by atoms with Crippen molar-refractivity contribution in [2.75, 3.05) is 0 Å². The standard InChI is InChI=1S/C38H35O4PSeSi/c1-38(2,3)45(4,5)42-28-21-24-32(35(25-28)44-29-15-7-6-8-16-29)39-43-40-33-22-19-26-13-9-11-17-30(26)36(33)37-31-18-12-10-14-27(31)20-23-34(37)41-43/h6-25H,1-5H3. The van der Waals surface area contributed by atoms with Crippen LogP contribution in [0.4, 0.5) is 0 Å². The van der Waals surface area contributed by atoms with Gasteiger partial charge in [0.15, 0.2) is 0 Å². The van der Waals surface area contributed by atoms with Gasteiger partial charge in [-0.05, 0) is 0 Å². The van der Waals surface area contributed by atoms with Gasteiger partial charge >= 0.3 is 273 Å². The normalized spacial score (nSPS) is 12.2. The summed E-state index contributed by atoms with van der Waals surface area (Å²) >= 11 is -0.0210. The predicted molar refractivity (Wildman–Crippen MR) is 193 cm³/mol. The zero-order chi connectivity index (χ0) is 31.2. The van der Waals surface area contributed by atoms with Gasteiger partial charge in [0.05, 0.1) is 0 Å². The predicted octanol–water partition coefficient (Wildman–Crippen LogP) is 10.5. The van der Waals surface area contributed by atoms with Crippen LogP contribution in [-0.4, -0.2) is 23.3 Å². The molecule has 7 heteroatoms. The van der Waals surface area contributed by atoms with E-state index in [1.54, 1.807) is 0 Å². The van der Waals surface area contributed by atoms with Crippen LogP contribution in [0.1, 0.15) is 20.8 Å². The van der Waals surface area contributed by atoms with Crippen LogP contribution >= 0.6 is 8.24 Å². The third kappa shape index (κ3) is 5.92. The Morgan fingerprint density at radius 3 is 1.78 bits per heavy atom. The molecule has 0 saturated carbocycles. The summed E-state index contributed by atoms with van der Waals surface area (Å²) in [4.78, 5) is 0. The van der Waals surface area contributed by atoms with Crippen molar-refractivity contribution in [3.05, 3.63) is 121 Å². The van der Waals surface area contributed by atoms with Crippen LogP contribution in [0.2, 0.25) is 18.1 Å². The first-order valence-electron chi connectivity index (χ1n) is 15.1. The van der Waals surface area contributed by atoms with Crippen molar-refractivity contribution in [1.29, 1.82) is 0 Å². The van der Waals surface area contributed by atoms with Crippen molar-refractivity contribution in [2.45, 2.75) is 38.9 Å². The van der Waals surface area contributed by atoms with Gasteiger partial charge in [0, 0.05) is 0 Å². The van der Waals surface area contributed by atoms with Gasteiger partial charge in [0.25, 0.3) is 0 Å². The Morgan fingerprint density at radius 1 is 0.644 bits per heavy atom. The average molecular weight is 694 g/mol. The molecule has 1 aromatic heterocycles. The van der Waals surface area contributed by atoms with Crippen LogP contribution in [0.15, 0.2) is 130 Å². The third-order valence-corrected chi connectivity index (χ3v) is 16.2. The summed E-state index contributed by atoms with van der Waals surface area (Å²) in [6.45, 7) is 11.3. The van der Waals surface area contributed by atoms with Crippen molar-refractivity contribution >= 4 is 83.9 Å². The molecule has 0 aliphatic carbocycles. The second-order valence-electron chi connectivity index (χ2n) is 12.7. The number of hydrogen-bond acceptors (Lipinski definition) is 4. The van der Waals surface area contributed by atoms with E-state index < -0.39 is 16.6 Å². The van der Waals surface area contributed by atoms with Gasteiger partial charge in [0.2, 0.25) is 0 Å². The van der Waals surface area contributed by atoms with Gasteiger partial charge in [0.1, 0.15) is 0 Å². The van der Waals surface area contributed by atoms with Crippen LogP contribution in [0.3, 0.4) is 0 Å². The van der Waals surface area contributed by atoms with E-state index in [9.17, 15) is 0 Å². The molecule has 4 nitrogen and oxygen atoms in total. The SMILES string of the molecule is CC(C)(C)[Si](C)(C)Oc1ccc(Op2oc3ccc4ccccc4c3c3c(ccc4ccccc43)o2)c([Se]c2ccccc2)c1. The molecule has 45 heavy (non-hydrogen) atoms. The Labute approximate surface area is 271 Å². The molecule has 0 N–H and O–H groups in total. The molecule has 7 rings (SSSR count). The van der Waals surface area contributed by atoms with E-state index in [-0.39, 0.29) is 20.0 Å². The van der Waals surface area contributed by atoms with Gasteiger partial charge in [-0.15, -0.1) is 0 Å². The maximum atomic E-state index is 6.72. The molecule has 0 aliphatic rings. The zero-order valence-electron chi connectivity index (χ0n) is 26.0. The Kier molecular flexibility index (Phi) is 7.79. The minimum absolute atomic E-state index is 0.0210. The van der Waals surface area contributed by atoms with Crippen LogP contribution in [0.25, 0.3) is 43.5 Å². The first-order valence-corrected chi connectivity index (χ1v) is 20.8. The summed E-state index contributed by atoms with van der Waals surface area (Å²) in [6, 6.07) is 41.9. The summed E-state index contributed by atoms with van der Waals surface area (Å²) in [5.41, 5.74) is 1.51. The first-order chi connectivity index (χ1) is 21.7. The fourth-order valence-electron chi connectivity index (χ4n) is 5.24. The van der Waals surface area contributed by atoms with Crippen molar-refractivity contribution in [3.63, 3.8) is 0 Å². The van der Waals surface area contributed by atoms with Gasteiger partial charge < -0.3 is 0 Å². The quantitative estimate of drug-likeness (QED) is 0.163. The summed E-state index contributed by atoms with van der Waals surface area (Å²) in [5, 5.41) is 6.68. The second kappa shape index (κ2) is 11.8. The van der Waals surface area contributed by atoms with Crippen LogP contribution < -0.4 is 17.9 Å². The van der Waals surface area contributed by atoms with E-state index in [0.717, 1.165) is 59.4 Å². The van der Waals surface area contributed by atoms with Crippen molar-refractivity contribution < 1.29 is 17.3 Å². The van der Waals surface area contributed by atoms with E-state index in [4.69, 9.17) is 17.3 Å². The average Bonchev–Trinajstić information content (AvgIpc) is 3.19. The maximum absolute atomic E-state index is 6.72. The van der Waals surface area contributed by atoms with Gasteiger partial charge in [-0.3, -0.25) is 0 Å². The molecule has 0 radical (unpaired) electrons. The summed E-state index contributed by atoms with van der Waals surface area (Å²) in [6.07, 6.45) is 0. The zero-order valence-corrected chi connectivity index (χ0v) is 29.6. The second-order valence-corrected chi connectivity index (χ2v) is 20.8. The van der Waals surface area contributed by atoms with Crippen molar-refractivity contribution in [2.24, 2.45) is 0 Å². The monoisotopic (exact) mass is 694 g/mol. The molecule has 0 fully saturated rings. The Hall–Kier alpha value is -3.92. The number of rotatable bonds is 6. The molecule has 0 amide bonds. The Bertz CT molecular complexity index is 2120. The van der Waals surface area contributed by atoms with Crippen molar-refractivity contribution in [3.8, 4) is 11.5 Å². The van der Waals surface area contributed by atoms with Crippen molar-refractivity contribution in [1.82, 2.24) is 0 Å². The molecule has 7 aromatic rings. The number of benzene rings is 6. The van der Waals surface area contributed by atoms with Gasteiger partial charge in [-0.25, -0.2) is 0 Å². The molecule has 0 atom stereocenters. The fraction of sp³-hybridized carbons (Fsp3) is 0.158. The molecule has 6 aromatic carbocycles. The number of fused-ring (bicyclic) bond motifs is 7. The number of hydrogen-bond donors (Lipinski definition) is 0. The van der Waals surface area contributed by atoms with Crippen LogP contribution in [0, 0.1) is 0 Å². The van der Waals surface area contributed by atoms with E-state index in [2.05, 4.69) is 125 Å². The van der Waals surface area contributed by atoms with Crippen LogP contribution in [-0.2, 0) is 0 Å². The molecule has 0 unspecified atom stereocenters. The molecular formula is C38H35O4PSeSi. The van der Waals surface area contributed by atoms with Gasteiger partial charge in [-0.2, -0.15) is 0 Å². The first kappa shape index (κ1) is 29.8. The topological polar surface area (TPSA) is 44.7 Å². The third-order valence-electron chi connectivity index (χ3n) is 8.62. The summed E-state index contributed by atoms with van der Waals surface area (Å²) in [7, 11) is -3.86.